The Balaban J connectivity index is 1.96. The molecular formula is C14H15F2NO4S. The molecule has 0 aromatic heterocycles. The average Bonchev–Trinajstić information content (AvgIpc) is 2.94. The molecule has 0 radical (unpaired) electrons. The lowest BCUT2D eigenvalue weighted by atomic mass is 9.81. The summed E-state index contributed by atoms with van der Waals surface area (Å²) in [4.78, 5) is 11.1. The minimum atomic E-state index is -4.11. The number of rotatable bonds is 3. The summed E-state index contributed by atoms with van der Waals surface area (Å²) in [6.45, 7) is -0.0692. The molecule has 1 heterocycles. The van der Waals surface area contributed by atoms with Crippen molar-refractivity contribution in [2.75, 3.05) is 13.1 Å². The van der Waals surface area contributed by atoms with Gasteiger partial charge >= 0.3 is 5.97 Å². The van der Waals surface area contributed by atoms with Crippen LogP contribution in [0.25, 0.3) is 0 Å². The summed E-state index contributed by atoms with van der Waals surface area (Å²) in [6.07, 6.45) is 1.83. The van der Waals surface area contributed by atoms with Crippen molar-refractivity contribution in [2.45, 2.75) is 24.2 Å². The van der Waals surface area contributed by atoms with Crippen LogP contribution in [-0.4, -0.2) is 36.9 Å². The molecule has 2 fully saturated rings. The first kappa shape index (κ1) is 15.4. The van der Waals surface area contributed by atoms with E-state index in [1.807, 2.05) is 0 Å². The van der Waals surface area contributed by atoms with Crippen molar-refractivity contribution in [3.63, 3.8) is 0 Å². The van der Waals surface area contributed by atoms with Crippen LogP contribution in [0.5, 0.6) is 0 Å². The number of benzene rings is 1. The van der Waals surface area contributed by atoms with Gasteiger partial charge in [0.2, 0.25) is 10.0 Å². The third-order valence-corrected chi connectivity index (χ3v) is 6.53. The molecule has 2 atom stereocenters. The van der Waals surface area contributed by atoms with Crippen molar-refractivity contribution in [2.24, 2.45) is 11.3 Å². The molecule has 1 saturated heterocycles. The van der Waals surface area contributed by atoms with Gasteiger partial charge in [0.1, 0.15) is 11.6 Å². The Bertz CT molecular complexity index is 716. The first-order valence-electron chi connectivity index (χ1n) is 6.95. The minimum Gasteiger partial charge on any atom is -0.481 e. The Morgan fingerprint density at radius 1 is 1.27 bits per heavy atom. The summed E-state index contributed by atoms with van der Waals surface area (Å²) in [6, 6.07) is 2.09. The van der Waals surface area contributed by atoms with E-state index in [-0.39, 0.29) is 19.0 Å². The van der Waals surface area contributed by atoms with Crippen LogP contribution in [0.1, 0.15) is 19.3 Å². The monoisotopic (exact) mass is 331 g/mol. The second-order valence-corrected chi connectivity index (χ2v) is 7.89. The topological polar surface area (TPSA) is 74.7 Å². The van der Waals surface area contributed by atoms with Crippen molar-refractivity contribution >= 4 is 16.0 Å². The number of carboxylic acid groups (broad SMARTS) is 1. The summed E-state index contributed by atoms with van der Waals surface area (Å²) < 4.78 is 52.6. The third kappa shape index (κ3) is 2.21. The molecule has 0 amide bonds. The predicted octanol–water partition coefficient (Wildman–Crippen LogP) is 1.84. The molecule has 1 aliphatic carbocycles. The van der Waals surface area contributed by atoms with Crippen molar-refractivity contribution in [1.29, 1.82) is 0 Å². The first-order chi connectivity index (χ1) is 10.3. The Morgan fingerprint density at radius 3 is 2.45 bits per heavy atom. The molecule has 22 heavy (non-hydrogen) atoms. The Labute approximate surface area is 126 Å². The van der Waals surface area contributed by atoms with Crippen LogP contribution in [0, 0.1) is 23.0 Å². The SMILES string of the molecule is O=C(O)[C@@]12CCC[C@H]1CN(S(=O)(=O)c1cc(F)cc(F)c1)C2. The minimum absolute atomic E-state index is 0.0762. The number of hydrogen-bond acceptors (Lipinski definition) is 3. The van der Waals surface area contributed by atoms with Gasteiger partial charge in [-0.25, -0.2) is 17.2 Å². The molecule has 8 heteroatoms. The smallest absolute Gasteiger partial charge is 0.311 e. The molecule has 3 rings (SSSR count). The van der Waals surface area contributed by atoms with Crippen LogP contribution in [0.3, 0.4) is 0 Å². The molecule has 120 valence electrons. The van der Waals surface area contributed by atoms with Crippen LogP contribution < -0.4 is 0 Å². The van der Waals surface area contributed by atoms with Gasteiger partial charge in [0.15, 0.2) is 0 Å². The first-order valence-corrected chi connectivity index (χ1v) is 8.39. The second-order valence-electron chi connectivity index (χ2n) is 5.95. The maximum absolute atomic E-state index is 13.3. The van der Waals surface area contributed by atoms with Gasteiger partial charge in [-0.15, -0.1) is 0 Å². The number of carbonyl (C=O) groups is 1. The Hall–Kier alpha value is -1.54. The van der Waals surface area contributed by atoms with E-state index in [0.717, 1.165) is 22.9 Å². The summed E-state index contributed by atoms with van der Waals surface area (Å²) in [5, 5.41) is 9.47. The zero-order chi connectivity index (χ0) is 16.1. The zero-order valence-electron chi connectivity index (χ0n) is 11.6. The highest BCUT2D eigenvalue weighted by Crippen LogP contribution is 2.50. The van der Waals surface area contributed by atoms with Crippen molar-refractivity contribution < 1.29 is 27.1 Å². The van der Waals surface area contributed by atoms with Crippen molar-refractivity contribution in [3.8, 4) is 0 Å². The summed E-state index contributed by atoms with van der Waals surface area (Å²) >= 11 is 0. The fourth-order valence-corrected chi connectivity index (χ4v) is 5.20. The van der Waals surface area contributed by atoms with Gasteiger partial charge in [0, 0.05) is 19.2 Å². The molecule has 0 unspecified atom stereocenters. The molecule has 1 saturated carbocycles. The highest BCUT2D eigenvalue weighted by molar-refractivity contribution is 7.89. The number of sulfonamides is 1. The normalized spacial score (nSPS) is 28.7. The van der Waals surface area contributed by atoms with Crippen LogP contribution in [-0.2, 0) is 14.8 Å². The Kier molecular flexibility index (Phi) is 3.48. The molecule has 1 aromatic carbocycles. The van der Waals surface area contributed by atoms with Crippen LogP contribution in [0.2, 0.25) is 0 Å². The molecule has 0 bridgehead atoms. The largest absolute Gasteiger partial charge is 0.481 e. The standard InChI is InChI=1S/C14H15F2NO4S/c15-10-4-11(16)6-12(5-10)22(20,21)17-7-9-2-1-3-14(9,8-17)13(18)19/h4-6,9H,1-3,7-8H2,(H,18,19)/t9-,14+/m0/s1. The van der Waals surface area contributed by atoms with Crippen molar-refractivity contribution in [3.05, 3.63) is 29.8 Å². The van der Waals surface area contributed by atoms with E-state index in [2.05, 4.69) is 0 Å². The number of fused-ring (bicyclic) bond motifs is 1. The van der Waals surface area contributed by atoms with E-state index in [4.69, 9.17) is 0 Å². The summed E-state index contributed by atoms with van der Waals surface area (Å²) in [5.74, 6) is -3.21. The summed E-state index contributed by atoms with van der Waals surface area (Å²) in [5.41, 5.74) is -1.07. The number of aliphatic carboxylic acids is 1. The van der Waals surface area contributed by atoms with E-state index in [1.165, 1.54) is 0 Å². The van der Waals surface area contributed by atoms with Gasteiger partial charge in [-0.2, -0.15) is 4.31 Å². The molecule has 0 spiro atoms. The quantitative estimate of drug-likeness (QED) is 0.917. The molecule has 1 aliphatic heterocycles. The van der Waals surface area contributed by atoms with Gasteiger partial charge in [-0.3, -0.25) is 4.79 Å². The fraction of sp³-hybridized carbons (Fsp3) is 0.500. The van der Waals surface area contributed by atoms with Gasteiger partial charge in [0.05, 0.1) is 10.3 Å². The van der Waals surface area contributed by atoms with Gasteiger partial charge in [-0.1, -0.05) is 6.42 Å². The van der Waals surface area contributed by atoms with Gasteiger partial charge < -0.3 is 5.11 Å². The van der Waals surface area contributed by atoms with E-state index in [0.29, 0.717) is 18.9 Å². The van der Waals surface area contributed by atoms with Crippen molar-refractivity contribution in [1.82, 2.24) is 4.31 Å². The number of nitrogens with zero attached hydrogens (tertiary/aromatic N) is 1. The molecule has 5 nitrogen and oxygen atoms in total. The van der Waals surface area contributed by atoms with Gasteiger partial charge in [0.25, 0.3) is 0 Å². The molecular weight excluding hydrogens is 316 g/mol. The molecule has 2 aliphatic rings. The Morgan fingerprint density at radius 2 is 1.91 bits per heavy atom. The number of hydrogen-bond donors (Lipinski definition) is 1. The highest BCUT2D eigenvalue weighted by Gasteiger charge is 2.57. The zero-order valence-corrected chi connectivity index (χ0v) is 12.4. The fourth-order valence-electron chi connectivity index (χ4n) is 3.60. The lowest BCUT2D eigenvalue weighted by Gasteiger charge is -2.23. The highest BCUT2D eigenvalue weighted by atomic mass is 32.2. The van der Waals surface area contributed by atoms with Gasteiger partial charge in [-0.05, 0) is 30.9 Å². The lowest BCUT2D eigenvalue weighted by Crippen LogP contribution is -2.37. The number of carboxylic acids is 1. The third-order valence-electron chi connectivity index (χ3n) is 4.74. The van der Waals surface area contributed by atoms with E-state index in [9.17, 15) is 27.1 Å². The average molecular weight is 331 g/mol. The van der Waals surface area contributed by atoms with E-state index in [1.54, 1.807) is 0 Å². The van der Waals surface area contributed by atoms with Crippen LogP contribution in [0.4, 0.5) is 8.78 Å². The van der Waals surface area contributed by atoms with Crippen LogP contribution in [0.15, 0.2) is 23.1 Å². The number of halogens is 2. The lowest BCUT2D eigenvalue weighted by molar-refractivity contribution is -0.149. The maximum Gasteiger partial charge on any atom is 0.311 e. The molecule has 1 N–H and O–H groups in total. The summed E-state index contributed by atoms with van der Waals surface area (Å²) in [7, 11) is -4.11. The predicted molar refractivity (Wildman–Crippen MR) is 72.5 cm³/mol. The van der Waals surface area contributed by atoms with Crippen LogP contribution >= 0.6 is 0 Å². The van der Waals surface area contributed by atoms with E-state index >= 15 is 0 Å². The van der Waals surface area contributed by atoms with E-state index < -0.39 is 37.9 Å². The maximum atomic E-state index is 13.3. The second kappa shape index (κ2) is 4.99. The molecule has 1 aromatic rings.